The fourth-order valence-corrected chi connectivity index (χ4v) is 2.82. The lowest BCUT2D eigenvalue weighted by Crippen LogP contribution is -2.18. The molecule has 1 amide bonds. The summed E-state index contributed by atoms with van der Waals surface area (Å²) < 4.78 is 2.96. The Kier molecular flexibility index (Phi) is 4.71. The lowest BCUT2D eigenvalue weighted by atomic mass is 10.3. The Morgan fingerprint density at radius 1 is 1.23 bits per heavy atom. The van der Waals surface area contributed by atoms with Gasteiger partial charge in [-0.25, -0.2) is 4.68 Å². The Labute approximate surface area is 158 Å². The number of aromatic nitrogens is 3. The number of halogens is 2. The molecular weight excluding hydrogens is 381 g/mol. The first-order valence-corrected chi connectivity index (χ1v) is 8.17. The molecule has 0 aliphatic carbocycles. The average Bonchev–Trinajstić information content (AvgIpc) is 3.09. The summed E-state index contributed by atoms with van der Waals surface area (Å²) in [5, 5.41) is 18.4. The number of non-ortho nitro benzene ring substituents is 1. The molecule has 3 aromatic rings. The Balaban J connectivity index is 1.93. The molecule has 26 heavy (non-hydrogen) atoms. The van der Waals surface area contributed by atoms with E-state index < -0.39 is 10.8 Å². The minimum atomic E-state index is -0.482. The molecule has 0 bridgehead atoms. The number of carbonyl (C=O) groups is 1. The lowest BCUT2D eigenvalue weighted by Gasteiger charge is -2.09. The highest BCUT2D eigenvalue weighted by Gasteiger charge is 2.18. The van der Waals surface area contributed by atoms with E-state index >= 15 is 0 Å². The fraction of sp³-hybridized carbons (Fsp3) is 0.125. The smallest absolute Gasteiger partial charge is 0.273 e. The molecule has 0 unspecified atom stereocenters. The van der Waals surface area contributed by atoms with Crippen molar-refractivity contribution in [3.05, 3.63) is 68.1 Å². The van der Waals surface area contributed by atoms with E-state index in [0.717, 1.165) is 0 Å². The number of hydrogen-bond acceptors (Lipinski definition) is 4. The molecule has 0 spiro atoms. The van der Waals surface area contributed by atoms with Crippen LogP contribution in [0.1, 0.15) is 16.2 Å². The van der Waals surface area contributed by atoms with E-state index in [-0.39, 0.29) is 21.6 Å². The Morgan fingerprint density at radius 3 is 2.42 bits per heavy atom. The van der Waals surface area contributed by atoms with Gasteiger partial charge in [-0.05, 0) is 25.1 Å². The summed E-state index contributed by atoms with van der Waals surface area (Å²) in [6.07, 6.45) is 0. The quantitative estimate of drug-likeness (QED) is 0.535. The van der Waals surface area contributed by atoms with Crippen LogP contribution in [0, 0.1) is 17.0 Å². The van der Waals surface area contributed by atoms with E-state index in [1.54, 1.807) is 32.2 Å². The van der Waals surface area contributed by atoms with Gasteiger partial charge in [0.25, 0.3) is 11.6 Å². The Morgan fingerprint density at radius 2 is 1.88 bits per heavy atom. The molecule has 8 nitrogen and oxygen atoms in total. The van der Waals surface area contributed by atoms with Crippen LogP contribution in [0.3, 0.4) is 0 Å². The third-order valence-electron chi connectivity index (χ3n) is 3.73. The molecule has 3 rings (SSSR count). The number of carbonyl (C=O) groups excluding carboxylic acids is 1. The first-order chi connectivity index (χ1) is 12.3. The van der Waals surface area contributed by atoms with E-state index in [9.17, 15) is 14.9 Å². The van der Waals surface area contributed by atoms with E-state index in [1.807, 2.05) is 0 Å². The van der Waals surface area contributed by atoms with E-state index in [0.29, 0.717) is 17.2 Å². The van der Waals surface area contributed by atoms with Crippen molar-refractivity contribution in [1.29, 1.82) is 0 Å². The third-order valence-corrected chi connectivity index (χ3v) is 4.57. The normalized spacial score (nSPS) is 10.8. The molecule has 0 atom stereocenters. The molecule has 0 saturated heterocycles. The van der Waals surface area contributed by atoms with Crippen LogP contribution in [0.4, 0.5) is 11.5 Å². The van der Waals surface area contributed by atoms with Crippen molar-refractivity contribution in [1.82, 2.24) is 14.3 Å². The number of nitrogens with zero attached hydrogens (tertiary/aromatic N) is 4. The number of nitro groups is 1. The van der Waals surface area contributed by atoms with Crippen LogP contribution in [0.25, 0.3) is 5.69 Å². The second kappa shape index (κ2) is 6.81. The molecule has 0 aliphatic heterocycles. The standard InChI is InChI=1S/C16H13Cl2N5O3/c1-9-7-14(19-16(24)13-8-12(17)15(18)21(13)2)22(20-9)10-3-5-11(6-4-10)23(25)26/h3-8H,1-2H3,(H,19,24). The van der Waals surface area contributed by atoms with E-state index in [2.05, 4.69) is 10.4 Å². The summed E-state index contributed by atoms with van der Waals surface area (Å²) in [6.45, 7) is 1.77. The van der Waals surface area contributed by atoms with Crippen molar-refractivity contribution in [2.45, 2.75) is 6.92 Å². The van der Waals surface area contributed by atoms with E-state index in [4.69, 9.17) is 23.2 Å². The minimum Gasteiger partial charge on any atom is -0.329 e. The van der Waals surface area contributed by atoms with Gasteiger partial charge in [-0.1, -0.05) is 23.2 Å². The molecule has 2 heterocycles. The second-order valence-electron chi connectivity index (χ2n) is 5.54. The van der Waals surface area contributed by atoms with Crippen LogP contribution >= 0.6 is 23.2 Å². The predicted octanol–water partition coefficient (Wildman–Crippen LogP) is 3.99. The van der Waals surface area contributed by atoms with Gasteiger partial charge in [-0.2, -0.15) is 5.10 Å². The van der Waals surface area contributed by atoms with Crippen LogP contribution in [-0.2, 0) is 7.05 Å². The van der Waals surface area contributed by atoms with Gasteiger partial charge < -0.3 is 9.88 Å². The summed E-state index contributed by atoms with van der Waals surface area (Å²) in [7, 11) is 1.63. The molecule has 0 aliphatic rings. The first-order valence-electron chi connectivity index (χ1n) is 7.41. The van der Waals surface area contributed by atoms with Crippen LogP contribution in [0.15, 0.2) is 36.4 Å². The van der Waals surface area contributed by atoms with Gasteiger partial charge in [0.05, 0.1) is 21.3 Å². The molecule has 1 N–H and O–H groups in total. The zero-order valence-corrected chi connectivity index (χ0v) is 15.2. The second-order valence-corrected chi connectivity index (χ2v) is 6.30. The summed E-state index contributed by atoms with van der Waals surface area (Å²) in [5.41, 5.74) is 1.49. The summed E-state index contributed by atoms with van der Waals surface area (Å²) in [5.74, 6) is -0.000778. The highest BCUT2D eigenvalue weighted by molar-refractivity contribution is 6.42. The topological polar surface area (TPSA) is 95.0 Å². The monoisotopic (exact) mass is 393 g/mol. The highest BCUT2D eigenvalue weighted by Crippen LogP contribution is 2.26. The van der Waals surface area contributed by atoms with Crippen molar-refractivity contribution in [2.24, 2.45) is 7.05 Å². The number of anilines is 1. The fourth-order valence-electron chi connectivity index (χ4n) is 2.44. The molecule has 10 heteroatoms. The number of hydrogen-bond donors (Lipinski definition) is 1. The van der Waals surface area contributed by atoms with Crippen LogP contribution in [0.5, 0.6) is 0 Å². The maximum atomic E-state index is 12.6. The van der Waals surface area contributed by atoms with Gasteiger partial charge in [-0.3, -0.25) is 14.9 Å². The minimum absolute atomic E-state index is 0.0312. The number of amides is 1. The van der Waals surface area contributed by atoms with Gasteiger partial charge in [0.15, 0.2) is 0 Å². The van der Waals surface area contributed by atoms with Gasteiger partial charge in [0.1, 0.15) is 16.7 Å². The number of nitrogens with one attached hydrogen (secondary N) is 1. The zero-order valence-electron chi connectivity index (χ0n) is 13.7. The molecular formula is C16H13Cl2N5O3. The zero-order chi connectivity index (χ0) is 19.0. The van der Waals surface area contributed by atoms with Crippen LogP contribution < -0.4 is 5.32 Å². The van der Waals surface area contributed by atoms with Gasteiger partial charge >= 0.3 is 0 Å². The summed E-state index contributed by atoms with van der Waals surface area (Å²) >= 11 is 11.9. The molecule has 134 valence electrons. The van der Waals surface area contributed by atoms with Crippen molar-refractivity contribution < 1.29 is 9.72 Å². The van der Waals surface area contributed by atoms with Crippen molar-refractivity contribution in [2.75, 3.05) is 5.32 Å². The average molecular weight is 394 g/mol. The lowest BCUT2D eigenvalue weighted by molar-refractivity contribution is -0.384. The highest BCUT2D eigenvalue weighted by atomic mass is 35.5. The SMILES string of the molecule is Cc1cc(NC(=O)c2cc(Cl)c(Cl)n2C)n(-c2ccc([N+](=O)[O-])cc2)n1. The number of nitro benzene ring substituents is 1. The molecule has 0 fully saturated rings. The van der Waals surface area contributed by atoms with Crippen molar-refractivity contribution >= 4 is 40.6 Å². The Bertz CT molecular complexity index is 1010. The molecule has 0 saturated carbocycles. The van der Waals surface area contributed by atoms with Crippen LogP contribution in [-0.4, -0.2) is 25.2 Å². The van der Waals surface area contributed by atoms with E-state index in [1.165, 1.54) is 27.4 Å². The van der Waals surface area contributed by atoms with Crippen LogP contribution in [0.2, 0.25) is 10.2 Å². The third kappa shape index (κ3) is 3.29. The first kappa shape index (κ1) is 18.0. The number of aryl methyl sites for hydroxylation is 1. The van der Waals surface area contributed by atoms with Crippen molar-refractivity contribution in [3.63, 3.8) is 0 Å². The molecule has 0 radical (unpaired) electrons. The maximum absolute atomic E-state index is 12.6. The summed E-state index contributed by atoms with van der Waals surface area (Å²) in [6, 6.07) is 9.00. The molecule has 2 aromatic heterocycles. The summed E-state index contributed by atoms with van der Waals surface area (Å²) in [4.78, 5) is 22.9. The maximum Gasteiger partial charge on any atom is 0.273 e. The van der Waals surface area contributed by atoms with Gasteiger partial charge in [0.2, 0.25) is 0 Å². The van der Waals surface area contributed by atoms with Gasteiger partial charge in [-0.15, -0.1) is 0 Å². The molecule has 1 aromatic carbocycles. The number of rotatable bonds is 4. The number of benzene rings is 1. The predicted molar refractivity (Wildman–Crippen MR) is 98.3 cm³/mol. The van der Waals surface area contributed by atoms with Crippen molar-refractivity contribution in [3.8, 4) is 5.69 Å². The Hall–Kier alpha value is -2.84. The van der Waals surface area contributed by atoms with Gasteiger partial charge in [0, 0.05) is 25.2 Å². The largest absolute Gasteiger partial charge is 0.329 e.